The topological polar surface area (TPSA) is 57.6 Å². The Morgan fingerprint density at radius 2 is 2.33 bits per heavy atom. The number of carbonyl (C=O) groups excluding carboxylic acids is 1. The second-order valence-corrected chi connectivity index (χ2v) is 5.03. The van der Waals surface area contributed by atoms with Gasteiger partial charge in [0, 0.05) is 12.3 Å². The third kappa shape index (κ3) is 3.04. The predicted molar refractivity (Wildman–Crippen MR) is 63.5 cm³/mol. The molecular weight excluding hydrogens is 234 g/mol. The Morgan fingerprint density at radius 1 is 1.67 bits per heavy atom. The Morgan fingerprint density at radius 3 is 2.87 bits per heavy atom. The summed E-state index contributed by atoms with van der Waals surface area (Å²) in [5, 5.41) is 8.53. The maximum absolute atomic E-state index is 11.8. The van der Waals surface area contributed by atoms with Gasteiger partial charge in [0.2, 0.25) is 5.91 Å². The van der Waals surface area contributed by atoms with Crippen LogP contribution in [0, 0.1) is 0 Å². The number of amides is 1. The van der Waals surface area contributed by atoms with Crippen LogP contribution in [0.3, 0.4) is 0 Å². The van der Waals surface area contributed by atoms with Crippen LogP contribution in [0.2, 0.25) is 0 Å². The number of carbonyl (C=O) groups is 2. The fraction of sp³-hybridized carbons (Fsp3) is 0.778. The lowest BCUT2D eigenvalue weighted by Crippen LogP contribution is -2.44. The van der Waals surface area contributed by atoms with E-state index in [-0.39, 0.29) is 11.2 Å². The maximum Gasteiger partial charge on any atom is 0.326 e. The Bertz CT molecular complexity index is 260. The highest BCUT2D eigenvalue weighted by Crippen LogP contribution is 2.20. The molecule has 1 fully saturated rings. The SMILES string of the molecule is CSCC(S)C(=O)N1CCC[C@H]1C(=O)O. The van der Waals surface area contributed by atoms with Gasteiger partial charge in [-0.1, -0.05) is 0 Å². The minimum Gasteiger partial charge on any atom is -0.480 e. The molecule has 4 nitrogen and oxygen atoms in total. The van der Waals surface area contributed by atoms with Crippen molar-refractivity contribution >= 4 is 36.3 Å². The van der Waals surface area contributed by atoms with E-state index in [0.717, 1.165) is 6.42 Å². The number of aliphatic carboxylic acids is 1. The van der Waals surface area contributed by atoms with Gasteiger partial charge in [0.25, 0.3) is 0 Å². The van der Waals surface area contributed by atoms with Crippen molar-refractivity contribution in [2.24, 2.45) is 0 Å². The van der Waals surface area contributed by atoms with Crippen LogP contribution in [0.25, 0.3) is 0 Å². The number of carboxylic acids is 1. The van der Waals surface area contributed by atoms with Crippen LogP contribution < -0.4 is 0 Å². The normalized spacial score (nSPS) is 22.8. The number of likely N-dealkylation sites (tertiary alicyclic amines) is 1. The van der Waals surface area contributed by atoms with Crippen LogP contribution in [-0.4, -0.2) is 51.7 Å². The molecule has 1 unspecified atom stereocenters. The van der Waals surface area contributed by atoms with Gasteiger partial charge >= 0.3 is 5.97 Å². The van der Waals surface area contributed by atoms with Crippen molar-refractivity contribution in [1.29, 1.82) is 0 Å². The van der Waals surface area contributed by atoms with Crippen molar-refractivity contribution in [2.75, 3.05) is 18.6 Å². The van der Waals surface area contributed by atoms with E-state index >= 15 is 0 Å². The molecular formula is C9H15NO3S2. The second-order valence-electron chi connectivity index (χ2n) is 3.50. The van der Waals surface area contributed by atoms with Crippen molar-refractivity contribution in [3.8, 4) is 0 Å². The molecule has 1 rings (SSSR count). The summed E-state index contributed by atoms with van der Waals surface area (Å²) >= 11 is 5.72. The van der Waals surface area contributed by atoms with Crippen molar-refractivity contribution < 1.29 is 14.7 Å². The highest BCUT2D eigenvalue weighted by atomic mass is 32.2. The number of thiol groups is 1. The van der Waals surface area contributed by atoms with Crippen LogP contribution in [0.15, 0.2) is 0 Å². The zero-order chi connectivity index (χ0) is 11.4. The Balaban J connectivity index is 2.62. The fourth-order valence-corrected chi connectivity index (χ4v) is 2.76. The molecule has 2 atom stereocenters. The van der Waals surface area contributed by atoms with Gasteiger partial charge in [0.1, 0.15) is 6.04 Å². The van der Waals surface area contributed by atoms with Crippen LogP contribution in [0.4, 0.5) is 0 Å². The van der Waals surface area contributed by atoms with Gasteiger partial charge in [-0.2, -0.15) is 24.4 Å². The first-order chi connectivity index (χ1) is 7.07. The largest absolute Gasteiger partial charge is 0.480 e. The van der Waals surface area contributed by atoms with Crippen molar-refractivity contribution in [2.45, 2.75) is 24.1 Å². The van der Waals surface area contributed by atoms with Crippen LogP contribution in [0.5, 0.6) is 0 Å². The van der Waals surface area contributed by atoms with Gasteiger partial charge < -0.3 is 10.0 Å². The van der Waals surface area contributed by atoms with Gasteiger partial charge in [-0.15, -0.1) is 0 Å². The third-order valence-electron chi connectivity index (χ3n) is 2.43. The van der Waals surface area contributed by atoms with Crippen molar-refractivity contribution in [1.82, 2.24) is 4.90 Å². The summed E-state index contributed by atoms with van der Waals surface area (Å²) in [6.45, 7) is 0.543. The average molecular weight is 249 g/mol. The number of rotatable bonds is 4. The molecule has 86 valence electrons. The number of thioether (sulfide) groups is 1. The maximum atomic E-state index is 11.8. The molecule has 1 N–H and O–H groups in total. The molecule has 1 aliphatic rings. The Hall–Kier alpha value is -0.360. The lowest BCUT2D eigenvalue weighted by Gasteiger charge is -2.24. The summed E-state index contributed by atoms with van der Waals surface area (Å²) in [6.07, 6.45) is 3.22. The van der Waals surface area contributed by atoms with Crippen LogP contribution in [-0.2, 0) is 9.59 Å². The smallest absolute Gasteiger partial charge is 0.326 e. The molecule has 1 heterocycles. The van der Waals surface area contributed by atoms with Gasteiger partial charge in [-0.25, -0.2) is 4.79 Å². The zero-order valence-electron chi connectivity index (χ0n) is 8.55. The predicted octanol–water partition coefficient (Wildman–Crippen LogP) is 0.723. The standard InChI is InChI=1S/C9H15NO3S2/c1-15-5-7(14)8(11)10-4-2-3-6(10)9(12)13/h6-7,14H,2-5H2,1H3,(H,12,13)/t6-,7?/m0/s1. The number of nitrogens with zero attached hydrogens (tertiary/aromatic N) is 1. The average Bonchev–Trinajstić information content (AvgIpc) is 2.65. The van der Waals surface area contributed by atoms with Gasteiger partial charge in [-0.05, 0) is 19.1 Å². The highest BCUT2D eigenvalue weighted by molar-refractivity contribution is 7.99. The van der Waals surface area contributed by atoms with E-state index < -0.39 is 12.0 Å². The fourth-order valence-electron chi connectivity index (χ4n) is 1.71. The molecule has 6 heteroatoms. The van der Waals surface area contributed by atoms with Gasteiger partial charge in [0.05, 0.1) is 5.25 Å². The summed E-state index contributed by atoms with van der Waals surface area (Å²) < 4.78 is 0. The molecule has 0 aliphatic carbocycles. The molecule has 0 aromatic rings. The monoisotopic (exact) mass is 249 g/mol. The lowest BCUT2D eigenvalue weighted by atomic mass is 10.2. The van der Waals surface area contributed by atoms with E-state index in [9.17, 15) is 9.59 Å². The van der Waals surface area contributed by atoms with E-state index in [0.29, 0.717) is 18.7 Å². The molecule has 1 amide bonds. The van der Waals surface area contributed by atoms with E-state index in [1.165, 1.54) is 16.7 Å². The second kappa shape index (κ2) is 5.65. The number of carboxylic acid groups (broad SMARTS) is 1. The Kier molecular flexibility index (Phi) is 4.79. The first kappa shape index (κ1) is 12.7. The first-order valence-electron chi connectivity index (χ1n) is 4.78. The summed E-state index contributed by atoms with van der Waals surface area (Å²) in [4.78, 5) is 24.1. The summed E-state index contributed by atoms with van der Waals surface area (Å²) in [6, 6.07) is -0.644. The molecule has 0 aromatic carbocycles. The van der Waals surface area contributed by atoms with Crippen LogP contribution >= 0.6 is 24.4 Å². The van der Waals surface area contributed by atoms with Crippen molar-refractivity contribution in [3.63, 3.8) is 0 Å². The number of hydrogen-bond donors (Lipinski definition) is 2. The molecule has 0 radical (unpaired) electrons. The third-order valence-corrected chi connectivity index (χ3v) is 3.75. The molecule has 0 bridgehead atoms. The Labute approximate surface area is 98.8 Å². The molecule has 15 heavy (non-hydrogen) atoms. The summed E-state index contributed by atoms with van der Waals surface area (Å²) in [5.74, 6) is -0.451. The van der Waals surface area contributed by atoms with Crippen molar-refractivity contribution in [3.05, 3.63) is 0 Å². The zero-order valence-corrected chi connectivity index (χ0v) is 10.3. The summed E-state index contributed by atoms with van der Waals surface area (Å²) in [7, 11) is 0. The van der Waals surface area contributed by atoms with Gasteiger partial charge in [0.15, 0.2) is 0 Å². The van der Waals surface area contributed by atoms with E-state index in [1.54, 1.807) is 0 Å². The van der Waals surface area contributed by atoms with Crippen LogP contribution in [0.1, 0.15) is 12.8 Å². The minimum atomic E-state index is -0.912. The minimum absolute atomic E-state index is 0.155. The first-order valence-corrected chi connectivity index (χ1v) is 6.69. The van der Waals surface area contributed by atoms with Gasteiger partial charge in [-0.3, -0.25) is 4.79 Å². The molecule has 0 aromatic heterocycles. The van der Waals surface area contributed by atoms with E-state index in [4.69, 9.17) is 5.11 Å². The van der Waals surface area contributed by atoms with E-state index in [1.807, 2.05) is 6.26 Å². The molecule has 0 spiro atoms. The number of hydrogen-bond acceptors (Lipinski definition) is 4. The molecule has 1 saturated heterocycles. The van der Waals surface area contributed by atoms with E-state index in [2.05, 4.69) is 12.6 Å². The lowest BCUT2D eigenvalue weighted by molar-refractivity contribution is -0.147. The molecule has 1 aliphatic heterocycles. The highest BCUT2D eigenvalue weighted by Gasteiger charge is 2.35. The summed E-state index contributed by atoms with van der Waals surface area (Å²) in [5.41, 5.74) is 0. The quantitative estimate of drug-likeness (QED) is 0.721. The molecule has 0 saturated carbocycles.